The summed E-state index contributed by atoms with van der Waals surface area (Å²) in [6.07, 6.45) is 0.0649. The second-order valence-electron chi connectivity index (χ2n) is 2.68. The third-order valence-corrected chi connectivity index (χ3v) is 1.77. The summed E-state index contributed by atoms with van der Waals surface area (Å²) in [7, 11) is 0. The molecule has 1 rings (SSSR count). The highest BCUT2D eigenvalue weighted by Crippen LogP contribution is 2.07. The van der Waals surface area contributed by atoms with Crippen molar-refractivity contribution in [3.63, 3.8) is 0 Å². The monoisotopic (exact) mass is 173 g/mol. The quantitative estimate of drug-likeness (QED) is 0.354. The summed E-state index contributed by atoms with van der Waals surface area (Å²) in [5.41, 5.74) is 0. The number of carboxylic acid groups (broad SMARTS) is 1. The molecule has 12 heavy (non-hydrogen) atoms. The molecular formula is C6H11N3O3. The molecule has 1 saturated heterocycles. The maximum absolute atomic E-state index is 11.1. The van der Waals surface area contributed by atoms with Crippen LogP contribution in [0.2, 0.25) is 0 Å². The molecule has 1 fully saturated rings. The lowest BCUT2D eigenvalue weighted by atomic mass is 10.1. The second-order valence-corrected chi connectivity index (χ2v) is 2.68. The molecule has 0 saturated carbocycles. The molecule has 0 aromatic carbocycles. The lowest BCUT2D eigenvalue weighted by molar-refractivity contribution is -0.136. The topological polar surface area (TPSA) is 95.7 Å². The zero-order chi connectivity index (χ0) is 9.14. The van der Waals surface area contributed by atoms with Crippen molar-refractivity contribution in [1.82, 2.24) is 10.3 Å². The highest BCUT2D eigenvalue weighted by atomic mass is 16.4. The molecule has 0 bridgehead atoms. The molecule has 6 nitrogen and oxygen atoms in total. The smallest absolute Gasteiger partial charge is 0.405 e. The van der Waals surface area contributed by atoms with Gasteiger partial charge in [0, 0.05) is 6.54 Å². The fourth-order valence-corrected chi connectivity index (χ4v) is 1.18. The van der Waals surface area contributed by atoms with Crippen molar-refractivity contribution < 1.29 is 14.7 Å². The Hall–Kier alpha value is -1.30. The second kappa shape index (κ2) is 3.40. The molecular weight excluding hydrogens is 162 g/mol. The van der Waals surface area contributed by atoms with Gasteiger partial charge in [0.15, 0.2) is 0 Å². The van der Waals surface area contributed by atoms with Crippen molar-refractivity contribution in [2.24, 2.45) is 5.84 Å². The molecule has 1 heterocycles. The summed E-state index contributed by atoms with van der Waals surface area (Å²) in [5, 5.41) is 11.5. The Morgan fingerprint density at radius 1 is 1.75 bits per heavy atom. The number of nitrogens with two attached hydrogens (primary N) is 1. The highest BCUT2D eigenvalue weighted by molar-refractivity contribution is 5.85. The van der Waals surface area contributed by atoms with E-state index in [1.165, 1.54) is 0 Å². The van der Waals surface area contributed by atoms with Gasteiger partial charge in [0.1, 0.15) is 6.04 Å². The van der Waals surface area contributed by atoms with Crippen molar-refractivity contribution in [3.8, 4) is 0 Å². The van der Waals surface area contributed by atoms with Crippen molar-refractivity contribution in [2.45, 2.75) is 18.9 Å². The Labute approximate surface area is 69.3 Å². The predicted molar refractivity (Wildman–Crippen MR) is 40.1 cm³/mol. The minimum Gasteiger partial charge on any atom is -0.465 e. The van der Waals surface area contributed by atoms with Crippen LogP contribution in [0.5, 0.6) is 0 Å². The number of piperidine rings is 1. The third-order valence-electron chi connectivity index (χ3n) is 1.77. The standard InChI is InChI=1S/C6H11N3O3/c7-9-3-1-2-4(5(9)10)8-6(11)12/h4,8H,1-3,7H2,(H,11,12). The average molecular weight is 173 g/mol. The van der Waals surface area contributed by atoms with Crippen molar-refractivity contribution in [1.29, 1.82) is 0 Å². The molecule has 0 radical (unpaired) electrons. The van der Waals surface area contributed by atoms with E-state index in [0.29, 0.717) is 13.0 Å². The van der Waals surface area contributed by atoms with Crippen molar-refractivity contribution in [3.05, 3.63) is 0 Å². The summed E-state index contributed by atoms with van der Waals surface area (Å²) in [6, 6.07) is -0.666. The molecule has 0 aromatic rings. The molecule has 0 aromatic heterocycles. The van der Waals surface area contributed by atoms with Gasteiger partial charge in [-0.2, -0.15) is 0 Å². The first-order valence-electron chi connectivity index (χ1n) is 3.67. The maximum Gasteiger partial charge on any atom is 0.405 e. The molecule has 0 spiro atoms. The summed E-state index contributed by atoms with van der Waals surface area (Å²) < 4.78 is 0. The fourth-order valence-electron chi connectivity index (χ4n) is 1.18. The molecule has 0 aliphatic carbocycles. The zero-order valence-corrected chi connectivity index (χ0v) is 6.49. The van der Waals surface area contributed by atoms with Gasteiger partial charge in [-0.05, 0) is 12.8 Å². The normalized spacial score (nSPS) is 23.9. The first-order valence-corrected chi connectivity index (χ1v) is 3.67. The SMILES string of the molecule is NN1CCCC(NC(=O)O)C1=O. The number of rotatable bonds is 1. The Bertz CT molecular complexity index is 206. The van der Waals surface area contributed by atoms with E-state index in [1.54, 1.807) is 0 Å². The summed E-state index contributed by atoms with van der Waals surface area (Å²) in [5.74, 6) is 4.94. The van der Waals surface area contributed by atoms with Gasteiger partial charge in [0.05, 0.1) is 0 Å². The van der Waals surface area contributed by atoms with Crippen LogP contribution in [0.1, 0.15) is 12.8 Å². The zero-order valence-electron chi connectivity index (χ0n) is 6.49. The molecule has 2 amide bonds. The van der Waals surface area contributed by atoms with E-state index >= 15 is 0 Å². The predicted octanol–water partition coefficient (Wildman–Crippen LogP) is -0.881. The number of hydrogen-bond acceptors (Lipinski definition) is 3. The Kier molecular flexibility index (Phi) is 2.49. The lowest BCUT2D eigenvalue weighted by Crippen LogP contribution is -2.54. The number of hydrogen-bond donors (Lipinski definition) is 3. The van der Waals surface area contributed by atoms with Crippen LogP contribution < -0.4 is 11.2 Å². The summed E-state index contributed by atoms with van der Waals surface area (Å²) in [6.45, 7) is 0.497. The van der Waals surface area contributed by atoms with E-state index in [0.717, 1.165) is 11.4 Å². The Morgan fingerprint density at radius 3 is 3.00 bits per heavy atom. The summed E-state index contributed by atoms with van der Waals surface area (Å²) >= 11 is 0. The number of carbonyl (C=O) groups is 2. The van der Waals surface area contributed by atoms with Gasteiger partial charge in [-0.15, -0.1) is 0 Å². The van der Waals surface area contributed by atoms with Crippen LogP contribution in [0.15, 0.2) is 0 Å². The molecule has 4 N–H and O–H groups in total. The van der Waals surface area contributed by atoms with Crippen LogP contribution in [0.3, 0.4) is 0 Å². The van der Waals surface area contributed by atoms with Gasteiger partial charge < -0.3 is 10.4 Å². The van der Waals surface area contributed by atoms with Gasteiger partial charge in [-0.3, -0.25) is 9.80 Å². The van der Waals surface area contributed by atoms with Crippen LogP contribution in [0, 0.1) is 0 Å². The van der Waals surface area contributed by atoms with Crippen LogP contribution in [0.4, 0.5) is 4.79 Å². The van der Waals surface area contributed by atoms with E-state index in [2.05, 4.69) is 5.32 Å². The lowest BCUT2D eigenvalue weighted by Gasteiger charge is -2.28. The van der Waals surface area contributed by atoms with E-state index in [1.807, 2.05) is 0 Å². The van der Waals surface area contributed by atoms with Crippen LogP contribution in [-0.4, -0.2) is 34.7 Å². The van der Waals surface area contributed by atoms with Crippen molar-refractivity contribution in [2.75, 3.05) is 6.54 Å². The average Bonchev–Trinajstić information content (AvgIpc) is 1.98. The van der Waals surface area contributed by atoms with E-state index in [9.17, 15) is 9.59 Å². The van der Waals surface area contributed by atoms with Gasteiger partial charge >= 0.3 is 6.09 Å². The summed E-state index contributed by atoms with van der Waals surface area (Å²) in [4.78, 5) is 21.3. The van der Waals surface area contributed by atoms with Crippen LogP contribution >= 0.6 is 0 Å². The number of nitrogens with zero attached hydrogens (tertiary/aromatic N) is 1. The van der Waals surface area contributed by atoms with E-state index < -0.39 is 12.1 Å². The van der Waals surface area contributed by atoms with Gasteiger partial charge in [0.25, 0.3) is 5.91 Å². The number of hydrazine groups is 1. The molecule has 1 unspecified atom stereocenters. The van der Waals surface area contributed by atoms with Crippen LogP contribution in [-0.2, 0) is 4.79 Å². The van der Waals surface area contributed by atoms with Crippen molar-refractivity contribution >= 4 is 12.0 Å². The molecule has 68 valence electrons. The van der Waals surface area contributed by atoms with Gasteiger partial charge in [0.2, 0.25) is 0 Å². The first-order chi connectivity index (χ1) is 5.61. The fraction of sp³-hybridized carbons (Fsp3) is 0.667. The van der Waals surface area contributed by atoms with Gasteiger partial charge in [-0.25, -0.2) is 10.6 Å². The van der Waals surface area contributed by atoms with Crippen LogP contribution in [0.25, 0.3) is 0 Å². The molecule has 1 atom stereocenters. The number of carbonyl (C=O) groups excluding carboxylic acids is 1. The molecule has 1 aliphatic rings. The largest absolute Gasteiger partial charge is 0.465 e. The highest BCUT2D eigenvalue weighted by Gasteiger charge is 2.27. The Balaban J connectivity index is 2.52. The van der Waals surface area contributed by atoms with Gasteiger partial charge in [-0.1, -0.05) is 0 Å². The molecule has 1 aliphatic heterocycles. The Morgan fingerprint density at radius 2 is 2.42 bits per heavy atom. The molecule has 6 heteroatoms. The minimum atomic E-state index is -1.19. The van der Waals surface area contributed by atoms with E-state index in [4.69, 9.17) is 10.9 Å². The van der Waals surface area contributed by atoms with E-state index in [-0.39, 0.29) is 5.91 Å². The minimum absolute atomic E-state index is 0.358. The maximum atomic E-state index is 11.1. The first kappa shape index (κ1) is 8.79. The number of nitrogens with one attached hydrogen (secondary N) is 1. The number of amides is 2. The third kappa shape index (κ3) is 1.85.